The zero-order chi connectivity index (χ0) is 71.8. The summed E-state index contributed by atoms with van der Waals surface area (Å²) >= 11 is 0. The number of hydrogen-bond donors (Lipinski definition) is 11. The van der Waals surface area contributed by atoms with Crippen molar-refractivity contribution in [3.05, 3.63) is 0 Å². The Bertz CT molecular complexity index is 2030. The Labute approximate surface area is 587 Å². The van der Waals surface area contributed by atoms with Gasteiger partial charge in [-0.15, -0.1) is 0 Å². The molecule has 3 fully saturated rings. The van der Waals surface area contributed by atoms with E-state index in [0.29, 0.717) is 19.3 Å². The lowest BCUT2D eigenvalue weighted by Crippen LogP contribution is -2.69. The van der Waals surface area contributed by atoms with Gasteiger partial charge in [0.1, 0.15) is 98.7 Å². The highest BCUT2D eigenvalue weighted by atomic mass is 31.2. The minimum absolute atomic E-state index is 0.0329. The summed E-state index contributed by atoms with van der Waals surface area (Å²) in [6.07, 6.45) is 13.0. The number of phosphoric ester groups is 1. The number of hydrogen-bond acceptors (Lipinski definition) is 23. The first-order valence-electron chi connectivity index (χ1n) is 38.8. The molecule has 2 saturated heterocycles. The fraction of sp³-hybridized carbons (Fsp3) is 0.959. The van der Waals surface area contributed by atoms with Gasteiger partial charge in [0.25, 0.3) is 0 Å². The molecule has 2 aliphatic heterocycles. The number of rotatable bonds is 61. The lowest BCUT2D eigenvalue weighted by molar-refractivity contribution is -0.360. The van der Waals surface area contributed by atoms with Crippen molar-refractivity contribution in [2.75, 3.05) is 26.4 Å². The standard InChI is InChI=1S/C73H137O24P/c1-4-7-10-13-16-19-22-25-27-29-31-34-37-40-43-46-49-59(77)92-54(51-89-57(75)47-44-41-38-35-32-24-21-18-15-12-9-6-3)52-91-98(87,88)97-71-69(95-72-67(85)62(80)60(78)55(50-74)93-72)65(83)64(82)66(84)70(71)96-73-68(86)63(81)61(79)56(94-73)53-90-58(76)48-45-42-39-36-33-30-28-26-23-20-17-14-11-8-5-2/h54-56,60-74,78-86H,4-53H2,1-3H3,(H,87,88). The second-order valence-electron chi connectivity index (χ2n) is 28.1. The molecule has 98 heavy (non-hydrogen) atoms. The molecule has 18 atom stereocenters. The van der Waals surface area contributed by atoms with E-state index >= 15 is 0 Å². The van der Waals surface area contributed by atoms with Crippen LogP contribution in [-0.4, -0.2) is 204 Å². The fourth-order valence-electron chi connectivity index (χ4n) is 13.1. The van der Waals surface area contributed by atoms with Gasteiger partial charge in [0.15, 0.2) is 18.7 Å². The predicted octanol–water partition coefficient (Wildman–Crippen LogP) is 11.0. The summed E-state index contributed by atoms with van der Waals surface area (Å²) < 4.78 is 65.1. The van der Waals surface area contributed by atoms with Crippen molar-refractivity contribution in [2.45, 2.75) is 420 Å². The van der Waals surface area contributed by atoms with Gasteiger partial charge in [-0.1, -0.05) is 278 Å². The molecule has 1 saturated carbocycles. The zero-order valence-electron chi connectivity index (χ0n) is 60.3. The molecule has 3 rings (SSSR count). The maximum Gasteiger partial charge on any atom is 0.472 e. The molecule has 0 bridgehead atoms. The summed E-state index contributed by atoms with van der Waals surface area (Å²) in [4.78, 5) is 51.0. The topological polar surface area (TPSA) is 374 Å². The molecular formula is C73H137O24P. The van der Waals surface area contributed by atoms with Crippen molar-refractivity contribution in [1.82, 2.24) is 0 Å². The van der Waals surface area contributed by atoms with Gasteiger partial charge in [-0.05, 0) is 19.3 Å². The number of aliphatic hydroxyl groups is 10. The van der Waals surface area contributed by atoms with Crippen LogP contribution in [0.1, 0.15) is 316 Å². The third kappa shape index (κ3) is 38.1. The van der Waals surface area contributed by atoms with Gasteiger partial charge in [0, 0.05) is 19.3 Å². The largest absolute Gasteiger partial charge is 0.472 e. The first-order valence-corrected chi connectivity index (χ1v) is 40.3. The molecule has 3 aliphatic rings. The lowest BCUT2D eigenvalue weighted by Gasteiger charge is -2.49. The van der Waals surface area contributed by atoms with Crippen molar-refractivity contribution in [3.8, 4) is 0 Å². The molecule has 18 unspecified atom stereocenters. The summed E-state index contributed by atoms with van der Waals surface area (Å²) in [7, 11) is -5.69. The van der Waals surface area contributed by atoms with E-state index in [1.54, 1.807) is 0 Å². The Morgan fingerprint density at radius 3 is 1.00 bits per heavy atom. The maximum absolute atomic E-state index is 14.3. The van der Waals surface area contributed by atoms with E-state index in [-0.39, 0.29) is 19.3 Å². The average Bonchev–Trinajstić information content (AvgIpc) is 0.762. The SMILES string of the molecule is CCCCCCCCCCCCCCCCCCC(=O)OC(COC(=O)CCCCCCCCCCCCCC)COP(=O)(O)OC1C(OC2OC(CO)C(O)C(O)C2O)C(O)C(O)C(O)C1OC1OC(COC(=O)CCCCCCCCCCCCCCCCC)C(O)C(O)C1O. The number of phosphoric acid groups is 1. The van der Waals surface area contributed by atoms with Crippen LogP contribution in [0.15, 0.2) is 0 Å². The second kappa shape index (κ2) is 55.4. The number of ether oxygens (including phenoxy) is 7. The molecule has 0 spiro atoms. The lowest BCUT2D eigenvalue weighted by atomic mass is 9.84. The van der Waals surface area contributed by atoms with Crippen LogP contribution < -0.4 is 0 Å². The van der Waals surface area contributed by atoms with E-state index in [9.17, 15) is 74.9 Å². The van der Waals surface area contributed by atoms with Crippen LogP contribution in [-0.2, 0) is 61.2 Å². The summed E-state index contributed by atoms with van der Waals surface area (Å²) in [5.74, 6) is -1.97. The average molecular weight is 1430 g/mol. The fourth-order valence-corrected chi connectivity index (χ4v) is 14.0. The highest BCUT2D eigenvalue weighted by Gasteiger charge is 2.58. The maximum atomic E-state index is 14.3. The van der Waals surface area contributed by atoms with E-state index < -0.39 is 156 Å². The molecule has 0 aromatic rings. The van der Waals surface area contributed by atoms with Gasteiger partial charge in [-0.3, -0.25) is 23.4 Å². The van der Waals surface area contributed by atoms with E-state index in [0.717, 1.165) is 96.3 Å². The zero-order valence-corrected chi connectivity index (χ0v) is 61.2. The third-order valence-electron chi connectivity index (χ3n) is 19.4. The molecule has 0 aromatic carbocycles. The quantitative estimate of drug-likeness (QED) is 0.0117. The summed E-state index contributed by atoms with van der Waals surface area (Å²) in [6.45, 7) is 3.48. The predicted molar refractivity (Wildman–Crippen MR) is 370 cm³/mol. The number of esters is 3. The van der Waals surface area contributed by atoms with E-state index in [1.807, 2.05) is 0 Å². The molecule has 1 aliphatic carbocycles. The third-order valence-corrected chi connectivity index (χ3v) is 20.4. The van der Waals surface area contributed by atoms with Crippen molar-refractivity contribution in [1.29, 1.82) is 0 Å². The molecule has 578 valence electrons. The first-order chi connectivity index (χ1) is 47.3. The Balaban J connectivity index is 1.72. The van der Waals surface area contributed by atoms with E-state index in [2.05, 4.69) is 20.8 Å². The van der Waals surface area contributed by atoms with Crippen molar-refractivity contribution < 1.29 is 117 Å². The Hall–Kier alpha value is -2.04. The molecule has 0 amide bonds. The minimum atomic E-state index is -5.69. The van der Waals surface area contributed by atoms with Crippen molar-refractivity contribution >= 4 is 25.7 Å². The van der Waals surface area contributed by atoms with Gasteiger partial charge in [-0.2, -0.15) is 0 Å². The van der Waals surface area contributed by atoms with Gasteiger partial charge >= 0.3 is 25.7 Å². The van der Waals surface area contributed by atoms with E-state index in [1.165, 1.54) is 161 Å². The van der Waals surface area contributed by atoms with Crippen LogP contribution in [0.2, 0.25) is 0 Å². The van der Waals surface area contributed by atoms with Crippen LogP contribution in [0.5, 0.6) is 0 Å². The van der Waals surface area contributed by atoms with Crippen LogP contribution in [0.4, 0.5) is 0 Å². The van der Waals surface area contributed by atoms with Gasteiger partial charge in [0.05, 0.1) is 13.2 Å². The molecule has 2 heterocycles. The van der Waals surface area contributed by atoms with Crippen molar-refractivity contribution in [3.63, 3.8) is 0 Å². The highest BCUT2D eigenvalue weighted by molar-refractivity contribution is 7.47. The molecule has 25 heteroatoms. The normalized spacial score (nSPS) is 27.6. The van der Waals surface area contributed by atoms with Crippen LogP contribution in [0.25, 0.3) is 0 Å². The second-order valence-corrected chi connectivity index (χ2v) is 29.5. The number of carbonyl (C=O) groups excluding carboxylic acids is 3. The number of carbonyl (C=O) groups is 3. The van der Waals surface area contributed by atoms with Crippen LogP contribution >= 0.6 is 7.82 Å². The van der Waals surface area contributed by atoms with Crippen LogP contribution in [0, 0.1) is 0 Å². The number of aliphatic hydroxyl groups excluding tert-OH is 10. The summed E-state index contributed by atoms with van der Waals surface area (Å²) in [6, 6.07) is 0. The molecule has 11 N–H and O–H groups in total. The van der Waals surface area contributed by atoms with Gasteiger partial charge < -0.3 is 89.1 Å². The first kappa shape index (κ1) is 90.2. The monoisotopic (exact) mass is 1430 g/mol. The Kier molecular flexibility index (Phi) is 51.0. The van der Waals surface area contributed by atoms with Gasteiger partial charge in [-0.25, -0.2) is 4.57 Å². The summed E-state index contributed by atoms with van der Waals surface area (Å²) in [5, 5.41) is 110. The van der Waals surface area contributed by atoms with E-state index in [4.69, 9.17) is 42.2 Å². The van der Waals surface area contributed by atoms with Crippen LogP contribution in [0.3, 0.4) is 0 Å². The molecular weight excluding hydrogens is 1290 g/mol. The Morgan fingerprint density at radius 2 is 0.653 bits per heavy atom. The van der Waals surface area contributed by atoms with Gasteiger partial charge in [0.2, 0.25) is 0 Å². The minimum Gasteiger partial charge on any atom is -0.463 e. The van der Waals surface area contributed by atoms with Crippen molar-refractivity contribution in [2.24, 2.45) is 0 Å². The molecule has 0 aromatic heterocycles. The molecule has 24 nitrogen and oxygen atoms in total. The summed E-state index contributed by atoms with van der Waals surface area (Å²) in [5.41, 5.74) is 0. The number of unbranched alkanes of at least 4 members (excludes halogenated alkanes) is 40. The smallest absolute Gasteiger partial charge is 0.463 e. The molecule has 0 radical (unpaired) electrons. The highest BCUT2D eigenvalue weighted by Crippen LogP contribution is 2.49. The Morgan fingerprint density at radius 1 is 0.357 bits per heavy atom.